The summed E-state index contributed by atoms with van der Waals surface area (Å²) < 4.78 is 69.4. The summed E-state index contributed by atoms with van der Waals surface area (Å²) in [7, 11) is 0. The minimum absolute atomic E-state index is 0.0833. The summed E-state index contributed by atoms with van der Waals surface area (Å²) >= 11 is 0. The molecule has 0 bridgehead atoms. The standard InChI is InChI=1S/C17H13F5N6O3/c1-7-5-11(28(30)31)25-27(7)8(2)17(29)23-10-3-4-26(24-10)6-9-12(18)14(20)16(22)15(21)13(9)19/h3-5,8H,6H2,1-2H3,(H,23,24,29). The largest absolute Gasteiger partial charge is 0.390 e. The van der Waals surface area contributed by atoms with Crippen molar-refractivity contribution in [3.05, 3.63) is 68.8 Å². The molecule has 0 fully saturated rings. The normalized spacial score (nSPS) is 12.1. The summed E-state index contributed by atoms with van der Waals surface area (Å²) in [6.45, 7) is 2.15. The Hall–Kier alpha value is -3.84. The zero-order chi connectivity index (χ0) is 23.0. The Balaban J connectivity index is 1.76. The Morgan fingerprint density at radius 2 is 1.71 bits per heavy atom. The van der Waals surface area contributed by atoms with Crippen LogP contribution in [-0.2, 0) is 11.3 Å². The Labute approximate surface area is 170 Å². The average molecular weight is 444 g/mol. The highest BCUT2D eigenvalue weighted by Gasteiger charge is 2.27. The number of carbonyl (C=O) groups excluding carboxylic acids is 1. The van der Waals surface area contributed by atoms with Gasteiger partial charge in [-0.2, -0.15) is 9.78 Å². The summed E-state index contributed by atoms with van der Waals surface area (Å²) in [5, 5.41) is 20.7. The maximum atomic E-state index is 13.8. The summed E-state index contributed by atoms with van der Waals surface area (Å²) in [5.74, 6) is -11.6. The monoisotopic (exact) mass is 444 g/mol. The first-order valence-corrected chi connectivity index (χ1v) is 8.56. The Bertz CT molecular complexity index is 1160. The molecule has 164 valence electrons. The van der Waals surface area contributed by atoms with Gasteiger partial charge in [-0.15, -0.1) is 0 Å². The van der Waals surface area contributed by atoms with Gasteiger partial charge in [0.05, 0.1) is 29.0 Å². The van der Waals surface area contributed by atoms with Crippen LogP contribution in [0.3, 0.4) is 0 Å². The lowest BCUT2D eigenvalue weighted by Gasteiger charge is -2.10. The zero-order valence-corrected chi connectivity index (χ0v) is 15.9. The summed E-state index contributed by atoms with van der Waals surface area (Å²) in [4.78, 5) is 22.5. The first-order chi connectivity index (χ1) is 14.5. The first-order valence-electron chi connectivity index (χ1n) is 8.56. The molecule has 0 aliphatic heterocycles. The van der Waals surface area contributed by atoms with E-state index in [0.29, 0.717) is 5.69 Å². The third-order valence-corrected chi connectivity index (χ3v) is 4.36. The summed E-state index contributed by atoms with van der Waals surface area (Å²) in [5.41, 5.74) is -0.739. The number of rotatable bonds is 6. The Morgan fingerprint density at radius 3 is 2.26 bits per heavy atom. The number of hydrogen-bond donors (Lipinski definition) is 1. The number of nitrogens with one attached hydrogen (secondary N) is 1. The van der Waals surface area contributed by atoms with Gasteiger partial charge < -0.3 is 15.4 Å². The highest BCUT2D eigenvalue weighted by atomic mass is 19.2. The van der Waals surface area contributed by atoms with E-state index >= 15 is 0 Å². The van der Waals surface area contributed by atoms with Crippen LogP contribution in [0, 0.1) is 46.1 Å². The fraction of sp³-hybridized carbons (Fsp3) is 0.235. The second kappa shape index (κ2) is 8.12. The van der Waals surface area contributed by atoms with E-state index in [0.717, 1.165) is 15.6 Å². The van der Waals surface area contributed by atoms with Gasteiger partial charge in [0.1, 0.15) is 6.04 Å². The number of benzene rings is 1. The highest BCUT2D eigenvalue weighted by Crippen LogP contribution is 2.24. The van der Waals surface area contributed by atoms with E-state index in [1.807, 2.05) is 0 Å². The Kier molecular flexibility index (Phi) is 5.73. The van der Waals surface area contributed by atoms with Gasteiger partial charge in [-0.1, -0.05) is 0 Å². The van der Waals surface area contributed by atoms with Crippen molar-refractivity contribution in [1.82, 2.24) is 19.6 Å². The molecule has 14 heteroatoms. The topological polar surface area (TPSA) is 108 Å². The lowest BCUT2D eigenvalue weighted by Crippen LogP contribution is -2.25. The number of anilines is 1. The van der Waals surface area contributed by atoms with E-state index in [9.17, 15) is 36.9 Å². The molecule has 1 unspecified atom stereocenters. The van der Waals surface area contributed by atoms with Gasteiger partial charge in [0.15, 0.2) is 29.1 Å². The van der Waals surface area contributed by atoms with Crippen molar-refractivity contribution in [2.45, 2.75) is 26.4 Å². The van der Waals surface area contributed by atoms with Crippen LogP contribution in [0.4, 0.5) is 33.6 Å². The maximum absolute atomic E-state index is 13.8. The lowest BCUT2D eigenvalue weighted by molar-refractivity contribution is -0.389. The average Bonchev–Trinajstić information content (AvgIpc) is 3.33. The van der Waals surface area contributed by atoms with E-state index in [-0.39, 0.29) is 5.82 Å². The predicted octanol–water partition coefficient (Wildman–Crippen LogP) is 3.24. The van der Waals surface area contributed by atoms with Gasteiger partial charge in [-0.3, -0.25) is 9.48 Å². The first kappa shape index (κ1) is 21.9. The number of amides is 1. The molecule has 0 saturated heterocycles. The van der Waals surface area contributed by atoms with Gasteiger partial charge in [-0.05, 0) is 18.8 Å². The van der Waals surface area contributed by atoms with Gasteiger partial charge in [0, 0.05) is 12.3 Å². The van der Waals surface area contributed by atoms with Crippen LogP contribution in [0.25, 0.3) is 0 Å². The predicted molar refractivity (Wildman–Crippen MR) is 94.5 cm³/mol. The molecule has 3 rings (SSSR count). The van der Waals surface area contributed by atoms with Crippen LogP contribution < -0.4 is 5.32 Å². The maximum Gasteiger partial charge on any atom is 0.390 e. The second-order valence-corrected chi connectivity index (χ2v) is 6.46. The number of carbonyl (C=O) groups is 1. The summed E-state index contributed by atoms with van der Waals surface area (Å²) in [6.07, 6.45) is 1.16. The molecule has 1 aromatic carbocycles. The van der Waals surface area contributed by atoms with E-state index < -0.39 is 63.9 Å². The fourth-order valence-electron chi connectivity index (χ4n) is 2.76. The molecule has 9 nitrogen and oxygen atoms in total. The number of halogens is 5. The number of hydrogen-bond acceptors (Lipinski definition) is 5. The van der Waals surface area contributed by atoms with Gasteiger partial charge in [0.25, 0.3) is 5.91 Å². The van der Waals surface area contributed by atoms with Gasteiger partial charge >= 0.3 is 5.82 Å². The zero-order valence-electron chi connectivity index (χ0n) is 15.9. The third-order valence-electron chi connectivity index (χ3n) is 4.36. The number of aryl methyl sites for hydroxylation is 1. The van der Waals surface area contributed by atoms with E-state index in [4.69, 9.17) is 0 Å². The van der Waals surface area contributed by atoms with Crippen LogP contribution in [0.5, 0.6) is 0 Å². The SMILES string of the molecule is Cc1cc([N+](=O)[O-])nn1C(C)C(=O)Nc1ccn(Cc2c(F)c(F)c(F)c(F)c2F)n1. The minimum atomic E-state index is -2.27. The van der Waals surface area contributed by atoms with Crippen LogP contribution >= 0.6 is 0 Å². The summed E-state index contributed by atoms with van der Waals surface area (Å²) in [6, 6.07) is 1.44. The molecule has 0 aliphatic carbocycles. The molecule has 1 N–H and O–H groups in total. The molecular weight excluding hydrogens is 431 g/mol. The molecule has 2 heterocycles. The lowest BCUT2D eigenvalue weighted by atomic mass is 10.1. The molecular formula is C17H13F5N6O3. The van der Waals surface area contributed by atoms with Crippen molar-refractivity contribution in [1.29, 1.82) is 0 Å². The van der Waals surface area contributed by atoms with Crippen molar-refractivity contribution < 1.29 is 31.7 Å². The number of aromatic nitrogens is 4. The Morgan fingerprint density at radius 1 is 1.13 bits per heavy atom. The molecule has 0 radical (unpaired) electrons. The van der Waals surface area contributed by atoms with E-state index in [1.165, 1.54) is 26.0 Å². The fourth-order valence-corrected chi connectivity index (χ4v) is 2.76. The van der Waals surface area contributed by atoms with Crippen LogP contribution in [-0.4, -0.2) is 30.4 Å². The van der Waals surface area contributed by atoms with Crippen LogP contribution in [0.2, 0.25) is 0 Å². The van der Waals surface area contributed by atoms with Crippen molar-refractivity contribution in [2.24, 2.45) is 0 Å². The van der Waals surface area contributed by atoms with Gasteiger partial charge in [-0.25, -0.2) is 22.0 Å². The smallest absolute Gasteiger partial charge is 0.358 e. The second-order valence-electron chi connectivity index (χ2n) is 6.46. The molecule has 0 aliphatic rings. The molecule has 0 spiro atoms. The third kappa shape index (κ3) is 4.08. The molecule has 2 aromatic heterocycles. The number of nitro groups is 1. The minimum Gasteiger partial charge on any atom is -0.358 e. The van der Waals surface area contributed by atoms with E-state index in [1.54, 1.807) is 0 Å². The molecule has 31 heavy (non-hydrogen) atoms. The number of nitrogens with zero attached hydrogens (tertiary/aromatic N) is 5. The van der Waals surface area contributed by atoms with Crippen molar-refractivity contribution in [2.75, 3.05) is 5.32 Å². The highest BCUT2D eigenvalue weighted by molar-refractivity contribution is 5.92. The van der Waals surface area contributed by atoms with Crippen LogP contribution in [0.1, 0.15) is 24.2 Å². The molecule has 1 atom stereocenters. The van der Waals surface area contributed by atoms with Crippen molar-refractivity contribution >= 4 is 17.5 Å². The van der Waals surface area contributed by atoms with E-state index in [2.05, 4.69) is 15.5 Å². The molecule has 3 aromatic rings. The van der Waals surface area contributed by atoms with Gasteiger partial charge in [0.2, 0.25) is 5.82 Å². The molecule has 0 saturated carbocycles. The van der Waals surface area contributed by atoms with Crippen molar-refractivity contribution in [3.63, 3.8) is 0 Å². The van der Waals surface area contributed by atoms with Crippen molar-refractivity contribution in [3.8, 4) is 0 Å². The van der Waals surface area contributed by atoms with Crippen LogP contribution in [0.15, 0.2) is 18.3 Å². The quantitative estimate of drug-likeness (QED) is 0.207. The molecule has 1 amide bonds.